The fraction of sp³-hybridized carbons (Fsp3) is 0.733. The van der Waals surface area contributed by atoms with Crippen molar-refractivity contribution in [2.24, 2.45) is 16.7 Å². The van der Waals surface area contributed by atoms with Crippen LogP contribution >= 0.6 is 0 Å². The molecular formula is C15H26. The molecule has 0 aromatic carbocycles. The van der Waals surface area contributed by atoms with Gasteiger partial charge in [-0.05, 0) is 35.2 Å². The molecule has 0 N–H and O–H groups in total. The van der Waals surface area contributed by atoms with Crippen molar-refractivity contribution in [1.29, 1.82) is 0 Å². The molecule has 0 heterocycles. The fourth-order valence-electron chi connectivity index (χ4n) is 2.18. The molecule has 86 valence electrons. The van der Waals surface area contributed by atoms with Crippen molar-refractivity contribution in [1.82, 2.24) is 0 Å². The molecule has 0 bridgehead atoms. The van der Waals surface area contributed by atoms with Crippen LogP contribution in [0.15, 0.2) is 23.8 Å². The zero-order valence-electron chi connectivity index (χ0n) is 11.2. The van der Waals surface area contributed by atoms with Gasteiger partial charge in [0.2, 0.25) is 0 Å². The van der Waals surface area contributed by atoms with Crippen molar-refractivity contribution in [3.05, 3.63) is 23.8 Å². The highest BCUT2D eigenvalue weighted by Gasteiger charge is 2.22. The van der Waals surface area contributed by atoms with E-state index in [0.29, 0.717) is 10.8 Å². The molecule has 0 spiro atoms. The number of allylic oxidation sites excluding steroid dienone is 4. The van der Waals surface area contributed by atoms with Crippen LogP contribution in [0.3, 0.4) is 0 Å². The Hall–Kier alpha value is -0.520. The van der Waals surface area contributed by atoms with Crippen molar-refractivity contribution in [2.45, 2.75) is 54.4 Å². The topological polar surface area (TPSA) is 0 Å². The minimum absolute atomic E-state index is 0.299. The summed E-state index contributed by atoms with van der Waals surface area (Å²) in [4.78, 5) is 0. The normalized spacial score (nSPS) is 22.8. The standard InChI is InChI=1S/C15H26/c1-14(2,3)11-12-8-7-9-13(10-12)15(4,5)6/h7,9-10,12H,8,11H2,1-6H3. The molecule has 0 saturated heterocycles. The molecule has 0 aromatic rings. The second-order valence-electron chi connectivity index (χ2n) is 7.03. The highest BCUT2D eigenvalue weighted by atomic mass is 14.3. The highest BCUT2D eigenvalue weighted by molar-refractivity contribution is 5.28. The monoisotopic (exact) mass is 206 g/mol. The minimum atomic E-state index is 0.299. The van der Waals surface area contributed by atoms with Crippen LogP contribution in [0.4, 0.5) is 0 Å². The summed E-state index contributed by atoms with van der Waals surface area (Å²) in [6, 6.07) is 0. The molecule has 15 heavy (non-hydrogen) atoms. The van der Waals surface area contributed by atoms with E-state index in [9.17, 15) is 0 Å². The van der Waals surface area contributed by atoms with Crippen LogP contribution in [0.2, 0.25) is 0 Å². The van der Waals surface area contributed by atoms with Gasteiger partial charge >= 0.3 is 0 Å². The van der Waals surface area contributed by atoms with E-state index in [1.54, 1.807) is 0 Å². The van der Waals surface area contributed by atoms with Crippen molar-refractivity contribution in [3.63, 3.8) is 0 Å². The first kappa shape index (κ1) is 12.5. The second-order valence-corrected chi connectivity index (χ2v) is 7.03. The predicted octanol–water partition coefficient (Wildman–Crippen LogP) is 4.97. The molecule has 0 aliphatic heterocycles. The molecule has 1 aliphatic carbocycles. The van der Waals surface area contributed by atoms with Gasteiger partial charge in [0.15, 0.2) is 0 Å². The molecule has 0 radical (unpaired) electrons. The van der Waals surface area contributed by atoms with Gasteiger partial charge in [0.25, 0.3) is 0 Å². The summed E-state index contributed by atoms with van der Waals surface area (Å²) >= 11 is 0. The summed E-state index contributed by atoms with van der Waals surface area (Å²) < 4.78 is 0. The van der Waals surface area contributed by atoms with Crippen molar-refractivity contribution >= 4 is 0 Å². The summed E-state index contributed by atoms with van der Waals surface area (Å²) in [7, 11) is 0. The van der Waals surface area contributed by atoms with Gasteiger partial charge in [-0.2, -0.15) is 0 Å². The second kappa shape index (κ2) is 4.15. The molecule has 0 fully saturated rings. The van der Waals surface area contributed by atoms with Crippen LogP contribution in [0, 0.1) is 16.7 Å². The molecule has 0 amide bonds. The molecule has 1 aliphatic rings. The quantitative estimate of drug-likeness (QED) is 0.568. The Morgan fingerprint density at radius 2 is 1.73 bits per heavy atom. The molecular weight excluding hydrogens is 180 g/mol. The number of hydrogen-bond acceptors (Lipinski definition) is 0. The highest BCUT2D eigenvalue weighted by Crippen LogP contribution is 2.35. The Kier molecular flexibility index (Phi) is 3.48. The van der Waals surface area contributed by atoms with E-state index in [4.69, 9.17) is 0 Å². The lowest BCUT2D eigenvalue weighted by Gasteiger charge is -2.29. The van der Waals surface area contributed by atoms with Gasteiger partial charge < -0.3 is 0 Å². The maximum absolute atomic E-state index is 2.49. The van der Waals surface area contributed by atoms with E-state index in [0.717, 1.165) is 5.92 Å². The van der Waals surface area contributed by atoms with E-state index in [2.05, 4.69) is 59.8 Å². The molecule has 1 atom stereocenters. The van der Waals surface area contributed by atoms with Crippen LogP contribution in [0.1, 0.15) is 54.4 Å². The Bertz CT molecular complexity index is 265. The van der Waals surface area contributed by atoms with Crippen molar-refractivity contribution < 1.29 is 0 Å². The molecule has 0 saturated carbocycles. The molecule has 0 heteroatoms. The fourth-order valence-corrected chi connectivity index (χ4v) is 2.18. The average Bonchev–Trinajstić information content (AvgIpc) is 1.99. The third-order valence-corrected chi connectivity index (χ3v) is 2.89. The van der Waals surface area contributed by atoms with Crippen LogP contribution < -0.4 is 0 Å². The third-order valence-electron chi connectivity index (χ3n) is 2.89. The van der Waals surface area contributed by atoms with Gasteiger partial charge in [-0.15, -0.1) is 0 Å². The van der Waals surface area contributed by atoms with Crippen molar-refractivity contribution in [2.75, 3.05) is 0 Å². The minimum Gasteiger partial charge on any atom is -0.0837 e. The van der Waals surface area contributed by atoms with Crippen molar-refractivity contribution in [3.8, 4) is 0 Å². The predicted molar refractivity (Wildman–Crippen MR) is 68.9 cm³/mol. The molecule has 1 rings (SSSR count). The van der Waals surface area contributed by atoms with Crippen LogP contribution in [-0.4, -0.2) is 0 Å². The maximum Gasteiger partial charge on any atom is -0.0135 e. The Morgan fingerprint density at radius 3 is 2.20 bits per heavy atom. The average molecular weight is 206 g/mol. The van der Waals surface area contributed by atoms with Gasteiger partial charge in [-0.25, -0.2) is 0 Å². The lowest BCUT2D eigenvalue weighted by Crippen LogP contribution is -2.16. The van der Waals surface area contributed by atoms with Gasteiger partial charge in [0.05, 0.1) is 0 Å². The summed E-state index contributed by atoms with van der Waals surface area (Å²) in [6.07, 6.45) is 9.65. The van der Waals surface area contributed by atoms with Crippen LogP contribution in [0.5, 0.6) is 0 Å². The van der Waals surface area contributed by atoms with Gasteiger partial charge in [0, 0.05) is 0 Å². The number of hydrogen-bond donors (Lipinski definition) is 0. The zero-order chi connectivity index (χ0) is 11.7. The van der Waals surface area contributed by atoms with Crippen LogP contribution in [-0.2, 0) is 0 Å². The smallest absolute Gasteiger partial charge is 0.0135 e. The van der Waals surface area contributed by atoms with E-state index in [-0.39, 0.29) is 0 Å². The lowest BCUT2D eigenvalue weighted by molar-refractivity contribution is 0.322. The van der Waals surface area contributed by atoms with E-state index in [1.807, 2.05) is 0 Å². The first-order valence-electron chi connectivity index (χ1n) is 6.07. The number of rotatable bonds is 1. The van der Waals surface area contributed by atoms with Gasteiger partial charge in [0.1, 0.15) is 0 Å². The van der Waals surface area contributed by atoms with E-state index >= 15 is 0 Å². The zero-order valence-corrected chi connectivity index (χ0v) is 11.2. The SMILES string of the molecule is CC(C)(C)CC1C=C(C(C)(C)C)C=CC1. The summed E-state index contributed by atoms with van der Waals surface area (Å²) in [5, 5.41) is 0. The molecule has 1 unspecified atom stereocenters. The summed E-state index contributed by atoms with van der Waals surface area (Å²) in [5.74, 6) is 0.740. The first-order valence-corrected chi connectivity index (χ1v) is 6.07. The Morgan fingerprint density at radius 1 is 1.13 bits per heavy atom. The Balaban J connectivity index is 2.73. The molecule has 0 nitrogen and oxygen atoms in total. The largest absolute Gasteiger partial charge is 0.0837 e. The maximum atomic E-state index is 2.49. The third kappa shape index (κ3) is 4.24. The lowest BCUT2D eigenvalue weighted by atomic mass is 9.76. The molecule has 0 aromatic heterocycles. The first-order chi connectivity index (χ1) is 6.68. The van der Waals surface area contributed by atoms with Gasteiger partial charge in [-0.1, -0.05) is 59.8 Å². The van der Waals surface area contributed by atoms with E-state index in [1.165, 1.54) is 18.4 Å². The van der Waals surface area contributed by atoms with E-state index < -0.39 is 0 Å². The summed E-state index contributed by atoms with van der Waals surface area (Å²) in [6.45, 7) is 13.9. The van der Waals surface area contributed by atoms with Crippen LogP contribution in [0.25, 0.3) is 0 Å². The van der Waals surface area contributed by atoms with Gasteiger partial charge in [-0.3, -0.25) is 0 Å². The Labute approximate surface area is 95.5 Å². The summed E-state index contributed by atoms with van der Waals surface area (Å²) in [5.41, 5.74) is 2.24.